The summed E-state index contributed by atoms with van der Waals surface area (Å²) in [6, 6.07) is 3.18. The number of nitrogens with two attached hydrogens (primary N) is 1. The van der Waals surface area contributed by atoms with Crippen molar-refractivity contribution in [1.29, 1.82) is 0 Å². The van der Waals surface area contributed by atoms with Crippen LogP contribution in [0, 0.1) is 11.8 Å². The molecule has 3 N–H and O–H groups in total. The van der Waals surface area contributed by atoms with E-state index in [-0.39, 0.29) is 5.75 Å². The van der Waals surface area contributed by atoms with Gasteiger partial charge in [0.1, 0.15) is 11.4 Å². The Bertz CT molecular complexity index is 311. The van der Waals surface area contributed by atoms with E-state index >= 15 is 0 Å². The zero-order valence-corrected chi connectivity index (χ0v) is 7.03. The molecular weight excluding hydrogens is 168 g/mol. The van der Waals surface area contributed by atoms with Crippen molar-refractivity contribution in [2.75, 3.05) is 6.61 Å². The fourth-order valence-electron chi connectivity index (χ4n) is 0.723. The zero-order chi connectivity index (χ0) is 9.52. The summed E-state index contributed by atoms with van der Waals surface area (Å²) in [4.78, 5) is 8.22. The lowest BCUT2D eigenvalue weighted by Crippen LogP contribution is -1.98. The van der Waals surface area contributed by atoms with E-state index in [9.17, 15) is 0 Å². The van der Waals surface area contributed by atoms with Crippen molar-refractivity contribution >= 4 is 0 Å². The molecule has 0 amide bonds. The van der Waals surface area contributed by atoms with Crippen LogP contribution in [0.25, 0.3) is 0 Å². The molecular formula is C9H10N2O2. The normalized spacial score (nSPS) is 9.00. The number of pyridine rings is 1. The maximum atomic E-state index is 8.92. The summed E-state index contributed by atoms with van der Waals surface area (Å²) in [5.41, 5.74) is 0.620. The second-order valence-corrected chi connectivity index (χ2v) is 2.32. The van der Waals surface area contributed by atoms with Crippen molar-refractivity contribution < 1.29 is 9.94 Å². The summed E-state index contributed by atoms with van der Waals surface area (Å²) in [6.45, 7) is 0.408. The fraction of sp³-hybridized carbons (Fsp3) is 0.222. The van der Waals surface area contributed by atoms with Gasteiger partial charge in [-0.05, 0) is 18.1 Å². The minimum atomic E-state index is 0.135. The lowest BCUT2D eigenvalue weighted by molar-refractivity contribution is 0.144. The molecule has 13 heavy (non-hydrogen) atoms. The minimum Gasteiger partial charge on any atom is -0.506 e. The van der Waals surface area contributed by atoms with Crippen LogP contribution in [0.15, 0.2) is 18.3 Å². The molecule has 1 aromatic rings. The first-order valence-electron chi connectivity index (χ1n) is 3.78. The predicted molar refractivity (Wildman–Crippen MR) is 47.5 cm³/mol. The monoisotopic (exact) mass is 178 g/mol. The van der Waals surface area contributed by atoms with Crippen LogP contribution in [-0.2, 0) is 4.84 Å². The highest BCUT2D eigenvalue weighted by atomic mass is 16.6. The van der Waals surface area contributed by atoms with Crippen molar-refractivity contribution in [2.24, 2.45) is 5.90 Å². The Morgan fingerprint density at radius 2 is 2.38 bits per heavy atom. The van der Waals surface area contributed by atoms with Crippen molar-refractivity contribution in [3.05, 3.63) is 24.0 Å². The van der Waals surface area contributed by atoms with Gasteiger partial charge in [-0.25, -0.2) is 10.9 Å². The van der Waals surface area contributed by atoms with Gasteiger partial charge in [-0.2, -0.15) is 0 Å². The third kappa shape index (κ3) is 3.56. The van der Waals surface area contributed by atoms with Crippen LogP contribution < -0.4 is 5.90 Å². The van der Waals surface area contributed by atoms with Crippen LogP contribution in [0.5, 0.6) is 5.75 Å². The average Bonchev–Trinajstić information content (AvgIpc) is 2.15. The van der Waals surface area contributed by atoms with Gasteiger partial charge in [0.05, 0.1) is 12.8 Å². The van der Waals surface area contributed by atoms with Gasteiger partial charge in [-0.3, -0.25) is 0 Å². The molecule has 4 heteroatoms. The van der Waals surface area contributed by atoms with E-state index in [1.807, 2.05) is 0 Å². The molecule has 0 spiro atoms. The van der Waals surface area contributed by atoms with Gasteiger partial charge >= 0.3 is 0 Å². The summed E-state index contributed by atoms with van der Waals surface area (Å²) in [5.74, 6) is 10.6. The second-order valence-electron chi connectivity index (χ2n) is 2.32. The molecule has 0 saturated heterocycles. The number of hydrogen-bond acceptors (Lipinski definition) is 4. The smallest absolute Gasteiger partial charge is 0.133 e. The highest BCUT2D eigenvalue weighted by Crippen LogP contribution is 2.04. The van der Waals surface area contributed by atoms with Crippen LogP contribution in [0.1, 0.15) is 12.1 Å². The van der Waals surface area contributed by atoms with Crippen LogP contribution in [0.3, 0.4) is 0 Å². The van der Waals surface area contributed by atoms with Gasteiger partial charge < -0.3 is 9.94 Å². The molecule has 4 nitrogen and oxygen atoms in total. The first kappa shape index (κ1) is 9.52. The summed E-state index contributed by atoms with van der Waals surface area (Å²) < 4.78 is 0. The van der Waals surface area contributed by atoms with Gasteiger partial charge in [0.15, 0.2) is 0 Å². The zero-order valence-electron chi connectivity index (χ0n) is 7.03. The molecule has 1 rings (SSSR count). The predicted octanol–water partition coefficient (Wildman–Crippen LogP) is 0.419. The Morgan fingerprint density at radius 3 is 3.00 bits per heavy atom. The van der Waals surface area contributed by atoms with E-state index in [1.54, 1.807) is 6.07 Å². The Labute approximate surface area is 76.3 Å². The molecule has 1 heterocycles. The third-order valence-corrected chi connectivity index (χ3v) is 1.31. The number of aromatic nitrogens is 1. The van der Waals surface area contributed by atoms with Crippen LogP contribution in [0.2, 0.25) is 0 Å². The van der Waals surface area contributed by atoms with Crippen LogP contribution >= 0.6 is 0 Å². The summed E-state index contributed by atoms with van der Waals surface area (Å²) in [6.07, 6.45) is 1.92. The standard InChI is InChI=1S/C9H10N2O2/c10-13-6-2-1-3-8-4-5-9(12)7-11-8/h4-5,7,12H,2,6,10H2. The summed E-state index contributed by atoms with van der Waals surface area (Å²) in [7, 11) is 0. The number of nitrogens with zero attached hydrogens (tertiary/aromatic N) is 1. The summed E-state index contributed by atoms with van der Waals surface area (Å²) >= 11 is 0. The van der Waals surface area contributed by atoms with E-state index in [4.69, 9.17) is 11.0 Å². The molecule has 0 radical (unpaired) electrons. The Kier molecular flexibility index (Phi) is 3.76. The SMILES string of the molecule is NOCCC#Cc1ccc(O)cn1. The van der Waals surface area contributed by atoms with Gasteiger partial charge in [-0.15, -0.1) is 0 Å². The van der Waals surface area contributed by atoms with E-state index in [0.717, 1.165) is 0 Å². The largest absolute Gasteiger partial charge is 0.506 e. The average molecular weight is 178 g/mol. The van der Waals surface area contributed by atoms with Crippen LogP contribution in [0.4, 0.5) is 0 Å². The van der Waals surface area contributed by atoms with Crippen molar-refractivity contribution in [3.63, 3.8) is 0 Å². The Morgan fingerprint density at radius 1 is 1.54 bits per heavy atom. The molecule has 1 aromatic heterocycles. The van der Waals surface area contributed by atoms with E-state index in [1.165, 1.54) is 12.3 Å². The number of aromatic hydroxyl groups is 1. The molecule has 0 aliphatic heterocycles. The lowest BCUT2D eigenvalue weighted by Gasteiger charge is -1.90. The van der Waals surface area contributed by atoms with Crippen molar-refractivity contribution in [1.82, 2.24) is 4.98 Å². The number of hydrogen-bond donors (Lipinski definition) is 2. The highest BCUT2D eigenvalue weighted by molar-refractivity contribution is 5.30. The number of rotatable bonds is 2. The van der Waals surface area contributed by atoms with Crippen molar-refractivity contribution in [2.45, 2.75) is 6.42 Å². The maximum Gasteiger partial charge on any atom is 0.133 e. The van der Waals surface area contributed by atoms with Gasteiger partial charge in [0, 0.05) is 6.42 Å². The molecule has 0 unspecified atom stereocenters. The molecule has 68 valence electrons. The van der Waals surface area contributed by atoms with Crippen molar-refractivity contribution in [3.8, 4) is 17.6 Å². The lowest BCUT2D eigenvalue weighted by atomic mass is 10.3. The topological polar surface area (TPSA) is 68.4 Å². The molecule has 0 bridgehead atoms. The van der Waals surface area contributed by atoms with Gasteiger partial charge in [0.25, 0.3) is 0 Å². The maximum absolute atomic E-state index is 8.92. The molecule has 0 aliphatic rings. The first-order chi connectivity index (χ1) is 6.33. The fourth-order valence-corrected chi connectivity index (χ4v) is 0.723. The van der Waals surface area contributed by atoms with Gasteiger partial charge in [-0.1, -0.05) is 5.92 Å². The molecule has 0 saturated carbocycles. The highest BCUT2D eigenvalue weighted by Gasteiger charge is 1.88. The minimum absolute atomic E-state index is 0.135. The molecule has 0 aromatic carbocycles. The molecule has 0 atom stereocenters. The van der Waals surface area contributed by atoms with Crippen LogP contribution in [-0.4, -0.2) is 16.7 Å². The molecule has 0 fully saturated rings. The van der Waals surface area contributed by atoms with E-state index in [2.05, 4.69) is 21.7 Å². The third-order valence-electron chi connectivity index (χ3n) is 1.31. The first-order valence-corrected chi connectivity index (χ1v) is 3.78. The quantitative estimate of drug-likeness (QED) is 0.391. The van der Waals surface area contributed by atoms with Gasteiger partial charge in [0.2, 0.25) is 0 Å². The second kappa shape index (κ2) is 5.14. The Hall–Kier alpha value is -1.57. The summed E-state index contributed by atoms with van der Waals surface area (Å²) in [5, 5.41) is 8.92. The van der Waals surface area contributed by atoms with E-state index < -0.39 is 0 Å². The Balaban J connectivity index is 2.52. The van der Waals surface area contributed by atoms with E-state index in [0.29, 0.717) is 18.7 Å². The molecule has 0 aliphatic carbocycles.